The molecular formula is C12H22O2. The molecule has 0 spiro atoms. The van der Waals surface area contributed by atoms with E-state index in [4.69, 9.17) is 4.74 Å². The van der Waals surface area contributed by atoms with E-state index < -0.39 is 0 Å². The molecule has 0 aromatic rings. The highest BCUT2D eigenvalue weighted by Gasteiger charge is 2.06. The van der Waals surface area contributed by atoms with E-state index in [0.717, 1.165) is 6.42 Å². The van der Waals surface area contributed by atoms with Crippen molar-refractivity contribution >= 4 is 5.97 Å². The van der Waals surface area contributed by atoms with Gasteiger partial charge in [-0.3, -0.25) is 4.79 Å². The minimum absolute atomic E-state index is 0.137. The summed E-state index contributed by atoms with van der Waals surface area (Å²) in [5, 5.41) is 0. The third-order valence-electron chi connectivity index (χ3n) is 2.30. The Morgan fingerprint density at radius 1 is 1.36 bits per heavy atom. The van der Waals surface area contributed by atoms with Gasteiger partial charge in [-0.05, 0) is 25.2 Å². The largest absolute Gasteiger partial charge is 0.466 e. The predicted octanol–water partition coefficient (Wildman–Crippen LogP) is 3.18. The molecule has 0 bridgehead atoms. The first-order valence-corrected chi connectivity index (χ1v) is 5.44. The van der Waals surface area contributed by atoms with Gasteiger partial charge in [0.2, 0.25) is 0 Å². The summed E-state index contributed by atoms with van der Waals surface area (Å²) in [6, 6.07) is 0. The summed E-state index contributed by atoms with van der Waals surface area (Å²) in [6.45, 7) is 8.85. The molecular weight excluding hydrogens is 176 g/mol. The maximum absolute atomic E-state index is 11.0. The lowest BCUT2D eigenvalue weighted by Gasteiger charge is -2.13. The van der Waals surface area contributed by atoms with Crippen LogP contribution in [0, 0.1) is 11.8 Å². The van der Waals surface area contributed by atoms with Crippen LogP contribution in [-0.4, -0.2) is 12.6 Å². The molecule has 82 valence electrons. The van der Waals surface area contributed by atoms with Crippen molar-refractivity contribution in [1.82, 2.24) is 0 Å². The third kappa shape index (κ3) is 5.79. The van der Waals surface area contributed by atoms with Crippen molar-refractivity contribution in [3.63, 3.8) is 0 Å². The second-order valence-corrected chi connectivity index (χ2v) is 3.75. The summed E-state index contributed by atoms with van der Waals surface area (Å²) >= 11 is 0. The minimum Gasteiger partial charge on any atom is -0.466 e. The Balaban J connectivity index is 3.85. The van der Waals surface area contributed by atoms with Crippen LogP contribution in [-0.2, 0) is 9.53 Å². The van der Waals surface area contributed by atoms with E-state index in [9.17, 15) is 4.79 Å². The van der Waals surface area contributed by atoms with E-state index in [1.807, 2.05) is 13.0 Å². The number of carbonyl (C=O) groups excluding carboxylic acids is 1. The zero-order valence-corrected chi connectivity index (χ0v) is 9.75. The number of rotatable bonds is 6. The molecule has 0 saturated carbocycles. The molecule has 14 heavy (non-hydrogen) atoms. The standard InChI is InChI=1S/C12H22O2/c1-5-11(10(3)4)8-7-9-12(13)14-6-2/h7-8,10-11H,5-6,9H2,1-4H3/b8-7+/t11-/m1/s1. The van der Waals surface area contributed by atoms with Gasteiger partial charge in [0.25, 0.3) is 0 Å². The average molecular weight is 198 g/mol. The van der Waals surface area contributed by atoms with Gasteiger partial charge in [-0.25, -0.2) is 0 Å². The van der Waals surface area contributed by atoms with Crippen molar-refractivity contribution in [2.24, 2.45) is 11.8 Å². The van der Waals surface area contributed by atoms with Crippen molar-refractivity contribution in [2.45, 2.75) is 40.5 Å². The Morgan fingerprint density at radius 2 is 2.00 bits per heavy atom. The molecule has 0 fully saturated rings. The molecule has 2 nitrogen and oxygen atoms in total. The number of hydrogen-bond acceptors (Lipinski definition) is 2. The van der Waals surface area contributed by atoms with Gasteiger partial charge in [0.05, 0.1) is 13.0 Å². The highest BCUT2D eigenvalue weighted by molar-refractivity contribution is 5.71. The number of ether oxygens (including phenoxy) is 1. The first kappa shape index (κ1) is 13.2. The Labute approximate surface area is 87.3 Å². The van der Waals surface area contributed by atoms with Crippen molar-refractivity contribution in [3.8, 4) is 0 Å². The second-order valence-electron chi connectivity index (χ2n) is 3.75. The van der Waals surface area contributed by atoms with Gasteiger partial charge in [0.15, 0.2) is 0 Å². The molecule has 0 unspecified atom stereocenters. The van der Waals surface area contributed by atoms with Crippen LogP contribution < -0.4 is 0 Å². The van der Waals surface area contributed by atoms with E-state index in [1.165, 1.54) is 0 Å². The van der Waals surface area contributed by atoms with E-state index >= 15 is 0 Å². The van der Waals surface area contributed by atoms with E-state index in [2.05, 4.69) is 26.8 Å². The highest BCUT2D eigenvalue weighted by Crippen LogP contribution is 2.16. The van der Waals surface area contributed by atoms with Crippen LogP contribution in [0.3, 0.4) is 0 Å². The SMILES string of the molecule is CCOC(=O)C/C=C/[C@@H](CC)C(C)C. The van der Waals surface area contributed by atoms with Crippen molar-refractivity contribution < 1.29 is 9.53 Å². The first-order chi connectivity index (χ1) is 6.61. The molecule has 0 heterocycles. The molecule has 0 aromatic carbocycles. The Bertz CT molecular complexity index is 183. The molecule has 0 amide bonds. The van der Waals surface area contributed by atoms with Gasteiger partial charge in [0.1, 0.15) is 0 Å². The molecule has 0 aliphatic heterocycles. The topological polar surface area (TPSA) is 26.3 Å². The molecule has 0 aromatic heterocycles. The smallest absolute Gasteiger partial charge is 0.309 e. The van der Waals surface area contributed by atoms with Crippen molar-refractivity contribution in [3.05, 3.63) is 12.2 Å². The zero-order valence-electron chi connectivity index (χ0n) is 9.75. The Kier molecular flexibility index (Phi) is 7.17. The summed E-state index contributed by atoms with van der Waals surface area (Å²) in [5.41, 5.74) is 0. The Morgan fingerprint density at radius 3 is 2.43 bits per heavy atom. The van der Waals surface area contributed by atoms with Gasteiger partial charge in [-0.1, -0.05) is 32.9 Å². The van der Waals surface area contributed by atoms with Crippen LogP contribution in [0.25, 0.3) is 0 Å². The lowest BCUT2D eigenvalue weighted by molar-refractivity contribution is -0.142. The summed E-state index contributed by atoms with van der Waals surface area (Å²) in [7, 11) is 0. The minimum atomic E-state index is -0.137. The maximum Gasteiger partial charge on any atom is 0.309 e. The van der Waals surface area contributed by atoms with Crippen LogP contribution in [0.2, 0.25) is 0 Å². The van der Waals surface area contributed by atoms with Gasteiger partial charge in [-0.15, -0.1) is 0 Å². The van der Waals surface area contributed by atoms with Gasteiger partial charge < -0.3 is 4.74 Å². The number of esters is 1. The fraction of sp³-hybridized carbons (Fsp3) is 0.750. The summed E-state index contributed by atoms with van der Waals surface area (Å²) in [5.74, 6) is 1.07. The lowest BCUT2D eigenvalue weighted by Crippen LogP contribution is -2.05. The summed E-state index contributed by atoms with van der Waals surface area (Å²) in [6.07, 6.45) is 5.57. The molecule has 2 heteroatoms. The van der Waals surface area contributed by atoms with Crippen LogP contribution in [0.5, 0.6) is 0 Å². The van der Waals surface area contributed by atoms with Crippen LogP contribution in [0.4, 0.5) is 0 Å². The fourth-order valence-electron chi connectivity index (χ4n) is 1.39. The number of hydrogen-bond donors (Lipinski definition) is 0. The zero-order chi connectivity index (χ0) is 11.0. The molecule has 0 radical (unpaired) electrons. The normalized spacial score (nSPS) is 13.5. The van der Waals surface area contributed by atoms with Crippen LogP contribution in [0.15, 0.2) is 12.2 Å². The molecule has 0 saturated heterocycles. The van der Waals surface area contributed by atoms with Gasteiger partial charge in [0, 0.05) is 0 Å². The molecule has 0 aliphatic carbocycles. The summed E-state index contributed by atoms with van der Waals surface area (Å²) in [4.78, 5) is 11.0. The van der Waals surface area contributed by atoms with Crippen LogP contribution in [0.1, 0.15) is 40.5 Å². The Hall–Kier alpha value is -0.790. The average Bonchev–Trinajstić information content (AvgIpc) is 2.12. The van der Waals surface area contributed by atoms with Gasteiger partial charge >= 0.3 is 5.97 Å². The predicted molar refractivity (Wildman–Crippen MR) is 59.0 cm³/mol. The van der Waals surface area contributed by atoms with Crippen molar-refractivity contribution in [2.75, 3.05) is 6.61 Å². The molecule has 0 aliphatic rings. The number of allylic oxidation sites excluding steroid dienone is 1. The fourth-order valence-corrected chi connectivity index (χ4v) is 1.39. The van der Waals surface area contributed by atoms with E-state index in [-0.39, 0.29) is 5.97 Å². The first-order valence-electron chi connectivity index (χ1n) is 5.44. The second kappa shape index (κ2) is 7.60. The third-order valence-corrected chi connectivity index (χ3v) is 2.30. The number of carbonyl (C=O) groups is 1. The molecule has 0 rings (SSSR count). The molecule has 1 atom stereocenters. The van der Waals surface area contributed by atoms with Gasteiger partial charge in [-0.2, -0.15) is 0 Å². The highest BCUT2D eigenvalue weighted by atomic mass is 16.5. The van der Waals surface area contributed by atoms with E-state index in [1.54, 1.807) is 0 Å². The maximum atomic E-state index is 11.0. The quantitative estimate of drug-likeness (QED) is 0.484. The lowest BCUT2D eigenvalue weighted by atomic mass is 9.93. The molecule has 0 N–H and O–H groups in total. The summed E-state index contributed by atoms with van der Waals surface area (Å²) < 4.78 is 4.83. The monoisotopic (exact) mass is 198 g/mol. The van der Waals surface area contributed by atoms with E-state index in [0.29, 0.717) is 24.9 Å². The van der Waals surface area contributed by atoms with Crippen molar-refractivity contribution in [1.29, 1.82) is 0 Å². The van der Waals surface area contributed by atoms with Crippen LogP contribution >= 0.6 is 0 Å².